The summed E-state index contributed by atoms with van der Waals surface area (Å²) >= 11 is 0. The Kier molecular flexibility index (Phi) is 7.77. The van der Waals surface area contributed by atoms with Crippen LogP contribution < -0.4 is 9.05 Å². The molecule has 1 atom stereocenters. The minimum Gasteiger partial charge on any atom is -0.430 e. The number of esters is 2. The molecule has 0 radical (unpaired) electrons. The molecule has 9 heteroatoms. The summed E-state index contributed by atoms with van der Waals surface area (Å²) in [4.78, 5) is 23.0. The molecule has 0 bridgehead atoms. The number of hydrogen-bond donors (Lipinski definition) is 0. The van der Waals surface area contributed by atoms with Gasteiger partial charge >= 0.3 is 19.8 Å². The van der Waals surface area contributed by atoms with Crippen LogP contribution >= 0.6 is 7.82 Å². The van der Waals surface area contributed by atoms with E-state index in [0.29, 0.717) is 0 Å². The van der Waals surface area contributed by atoms with Crippen LogP contribution in [0.2, 0.25) is 0 Å². The molecule has 29 heavy (non-hydrogen) atoms. The van der Waals surface area contributed by atoms with Crippen molar-refractivity contribution in [2.75, 3.05) is 0 Å². The second-order valence-electron chi connectivity index (χ2n) is 5.38. The molecule has 2 rings (SSSR count). The summed E-state index contributed by atoms with van der Waals surface area (Å²) in [5.74, 6) is -2.14. The largest absolute Gasteiger partial charge is 0.590 e. The minimum atomic E-state index is -4.27. The predicted molar refractivity (Wildman–Crippen MR) is 104 cm³/mol. The normalized spacial score (nSPS) is 11.6. The van der Waals surface area contributed by atoms with Crippen molar-refractivity contribution in [2.24, 2.45) is 0 Å². The van der Waals surface area contributed by atoms with Crippen LogP contribution in [-0.4, -0.2) is 18.2 Å². The third-order valence-electron chi connectivity index (χ3n) is 3.09. The zero-order valence-electron chi connectivity index (χ0n) is 15.6. The Bertz CT molecular complexity index is 865. The molecular weight excluding hydrogens is 399 g/mol. The number of ether oxygens (including phenoxy) is 2. The van der Waals surface area contributed by atoms with Gasteiger partial charge in [-0.1, -0.05) is 43.0 Å². The summed E-state index contributed by atoms with van der Waals surface area (Å²) in [6, 6.07) is 16.4. The first kappa shape index (κ1) is 21.9. The van der Waals surface area contributed by atoms with Gasteiger partial charge in [0.05, 0.1) is 0 Å². The van der Waals surface area contributed by atoms with Crippen molar-refractivity contribution >= 4 is 19.8 Å². The molecule has 0 saturated carbocycles. The second kappa shape index (κ2) is 10.3. The number of phosphoric ester groups is 1. The van der Waals surface area contributed by atoms with Crippen LogP contribution in [0.15, 0.2) is 85.7 Å². The van der Waals surface area contributed by atoms with Gasteiger partial charge in [0.2, 0.25) is 12.0 Å². The van der Waals surface area contributed by atoms with Crippen LogP contribution in [-0.2, 0) is 28.2 Å². The molecule has 1 unspecified atom stereocenters. The molecule has 0 spiro atoms. The summed E-state index contributed by atoms with van der Waals surface area (Å²) < 4.78 is 38.7. The van der Waals surface area contributed by atoms with Crippen molar-refractivity contribution in [3.05, 3.63) is 85.7 Å². The number of carbonyl (C=O) groups excluding carboxylic acids is 2. The van der Waals surface area contributed by atoms with Gasteiger partial charge in [0, 0.05) is 6.08 Å². The van der Waals surface area contributed by atoms with E-state index < -0.39 is 31.8 Å². The number of benzene rings is 2. The van der Waals surface area contributed by atoms with Crippen LogP contribution in [0.25, 0.3) is 0 Å². The van der Waals surface area contributed by atoms with Gasteiger partial charge in [-0.15, -0.1) is 0 Å². The Morgan fingerprint density at radius 2 is 1.45 bits per heavy atom. The monoisotopic (exact) mass is 418 g/mol. The van der Waals surface area contributed by atoms with Gasteiger partial charge in [-0.05, 0) is 37.8 Å². The lowest BCUT2D eigenvalue weighted by Gasteiger charge is -2.22. The van der Waals surface area contributed by atoms with Gasteiger partial charge < -0.3 is 18.5 Å². The van der Waals surface area contributed by atoms with Gasteiger partial charge in [-0.3, -0.25) is 0 Å². The molecule has 152 valence electrons. The van der Waals surface area contributed by atoms with E-state index in [1.54, 1.807) is 60.7 Å². The predicted octanol–water partition coefficient (Wildman–Crippen LogP) is 4.40. The van der Waals surface area contributed by atoms with Gasteiger partial charge in [0.25, 0.3) is 0 Å². The highest BCUT2D eigenvalue weighted by atomic mass is 31.2. The SMILES string of the molecule is C=CC(=O)OC(=C)C(=O)OC(C)OP(=O)(Oc1ccccc1)Oc1ccccc1. The average Bonchev–Trinajstić information content (AvgIpc) is 2.68. The van der Waals surface area contributed by atoms with E-state index in [-0.39, 0.29) is 11.5 Å². The summed E-state index contributed by atoms with van der Waals surface area (Å²) in [7, 11) is -4.27. The van der Waals surface area contributed by atoms with E-state index in [1.807, 2.05) is 0 Å². The Morgan fingerprint density at radius 1 is 0.966 bits per heavy atom. The van der Waals surface area contributed by atoms with Crippen LogP contribution in [0.4, 0.5) is 0 Å². The highest BCUT2D eigenvalue weighted by Gasteiger charge is 2.35. The fourth-order valence-electron chi connectivity index (χ4n) is 1.91. The fraction of sp³-hybridized carbons (Fsp3) is 0.100. The first-order valence-corrected chi connectivity index (χ1v) is 9.79. The first-order valence-electron chi connectivity index (χ1n) is 8.33. The molecule has 0 N–H and O–H groups in total. The van der Waals surface area contributed by atoms with E-state index in [1.165, 1.54) is 6.92 Å². The first-order chi connectivity index (χ1) is 13.8. The van der Waals surface area contributed by atoms with Crippen LogP contribution in [0.5, 0.6) is 11.5 Å². The number of carbonyl (C=O) groups is 2. The Balaban J connectivity index is 2.10. The van der Waals surface area contributed by atoms with Crippen molar-refractivity contribution < 1.29 is 37.2 Å². The van der Waals surface area contributed by atoms with E-state index in [4.69, 9.17) is 18.3 Å². The molecule has 8 nitrogen and oxygen atoms in total. The molecule has 0 aromatic heterocycles. The smallest absolute Gasteiger partial charge is 0.430 e. The zero-order chi connectivity index (χ0) is 21.3. The number of hydrogen-bond acceptors (Lipinski definition) is 8. The minimum absolute atomic E-state index is 0.217. The van der Waals surface area contributed by atoms with E-state index in [2.05, 4.69) is 17.9 Å². The molecule has 0 fully saturated rings. The Hall–Kier alpha value is -3.35. The van der Waals surface area contributed by atoms with Crippen molar-refractivity contribution in [1.82, 2.24) is 0 Å². The third kappa shape index (κ3) is 7.29. The number of phosphoric acid groups is 1. The molecule has 0 saturated heterocycles. The maximum Gasteiger partial charge on any atom is 0.590 e. The average molecular weight is 418 g/mol. The molecular formula is C20H19O8P. The standard InChI is InChI=1S/C20H19O8P/c1-4-19(21)24-15(2)20(22)25-16(3)26-29(23,27-17-11-7-5-8-12-17)28-18-13-9-6-10-14-18/h4-14,16H,1-2H2,3H3. The molecule has 2 aromatic carbocycles. The zero-order valence-corrected chi connectivity index (χ0v) is 16.5. The summed E-state index contributed by atoms with van der Waals surface area (Å²) in [6.07, 6.45) is -0.534. The molecule has 0 heterocycles. The van der Waals surface area contributed by atoms with Crippen molar-refractivity contribution in [3.63, 3.8) is 0 Å². The topological polar surface area (TPSA) is 97.4 Å². The number of para-hydroxylation sites is 2. The lowest BCUT2D eigenvalue weighted by atomic mass is 10.3. The van der Waals surface area contributed by atoms with E-state index in [9.17, 15) is 14.2 Å². The van der Waals surface area contributed by atoms with Gasteiger partial charge in [0.1, 0.15) is 11.5 Å². The fourth-order valence-corrected chi connectivity index (χ4v) is 3.20. The Morgan fingerprint density at radius 3 is 1.90 bits per heavy atom. The lowest BCUT2D eigenvalue weighted by molar-refractivity contribution is -0.164. The van der Waals surface area contributed by atoms with Gasteiger partial charge in [-0.25, -0.2) is 18.7 Å². The molecule has 2 aromatic rings. The summed E-state index contributed by atoms with van der Waals surface area (Å²) in [5.41, 5.74) is 0. The van der Waals surface area contributed by atoms with E-state index in [0.717, 1.165) is 6.08 Å². The van der Waals surface area contributed by atoms with Crippen molar-refractivity contribution in [2.45, 2.75) is 13.2 Å². The molecule has 0 aliphatic heterocycles. The summed E-state index contributed by atoms with van der Waals surface area (Å²) in [5, 5.41) is 0. The highest BCUT2D eigenvalue weighted by molar-refractivity contribution is 7.49. The van der Waals surface area contributed by atoms with Crippen molar-refractivity contribution in [3.8, 4) is 11.5 Å². The van der Waals surface area contributed by atoms with Crippen molar-refractivity contribution in [1.29, 1.82) is 0 Å². The maximum atomic E-state index is 13.2. The molecule has 0 aliphatic carbocycles. The van der Waals surface area contributed by atoms with Crippen LogP contribution in [0.3, 0.4) is 0 Å². The Labute approximate surface area is 167 Å². The van der Waals surface area contributed by atoms with E-state index >= 15 is 0 Å². The molecule has 0 amide bonds. The second-order valence-corrected chi connectivity index (χ2v) is 6.85. The summed E-state index contributed by atoms with van der Waals surface area (Å²) in [6.45, 7) is 7.76. The van der Waals surface area contributed by atoms with Gasteiger partial charge in [0.15, 0.2) is 0 Å². The molecule has 0 aliphatic rings. The van der Waals surface area contributed by atoms with Gasteiger partial charge in [-0.2, -0.15) is 0 Å². The van der Waals surface area contributed by atoms with Crippen LogP contribution in [0.1, 0.15) is 6.92 Å². The maximum absolute atomic E-state index is 13.2. The van der Waals surface area contributed by atoms with Crippen LogP contribution in [0, 0.1) is 0 Å². The number of rotatable bonds is 10. The lowest BCUT2D eigenvalue weighted by Crippen LogP contribution is -2.22. The third-order valence-corrected chi connectivity index (χ3v) is 4.51. The highest BCUT2D eigenvalue weighted by Crippen LogP contribution is 2.50. The quantitative estimate of drug-likeness (QED) is 0.184.